The van der Waals surface area contributed by atoms with E-state index in [2.05, 4.69) is 30.9 Å². The van der Waals surface area contributed by atoms with Crippen LogP contribution in [0.1, 0.15) is 23.2 Å². The number of hydrogen-bond acceptors (Lipinski definition) is 8. The number of rotatable bonds is 15. The lowest BCUT2D eigenvalue weighted by molar-refractivity contribution is -0.147. The quantitative estimate of drug-likeness (QED) is 0.0858. The number of aromatic nitrogens is 3. The van der Waals surface area contributed by atoms with Crippen LogP contribution >= 0.6 is 0 Å². The van der Waals surface area contributed by atoms with Gasteiger partial charge < -0.3 is 47.0 Å². The normalized spacial score (nSPS) is 13.7. The highest BCUT2D eigenvalue weighted by molar-refractivity contribution is 5.95. The number of carbonyl (C=O) groups excluding carboxylic acids is 3. The molecule has 4 rings (SSSR count). The van der Waals surface area contributed by atoms with Gasteiger partial charge in [-0.15, -0.1) is 0 Å². The number of fused-ring (bicyclic) bond motifs is 1. The van der Waals surface area contributed by atoms with Gasteiger partial charge in [-0.25, -0.2) is 9.78 Å². The molecule has 3 amide bonds. The monoisotopic (exact) mass is 619 g/mol. The number of nitrogens with two attached hydrogens (primary N) is 1. The van der Waals surface area contributed by atoms with Gasteiger partial charge in [-0.3, -0.25) is 19.2 Å². The Labute approximate surface area is 256 Å². The van der Waals surface area contributed by atoms with E-state index in [4.69, 9.17) is 10.8 Å². The number of nitrogens with one attached hydrogen (secondary N) is 5. The molecule has 0 aliphatic heterocycles. The highest BCUT2D eigenvalue weighted by Gasteiger charge is 2.32. The largest absolute Gasteiger partial charge is 0.508 e. The summed E-state index contributed by atoms with van der Waals surface area (Å²) < 4.78 is 0. The predicted octanol–water partition coefficient (Wildman–Crippen LogP) is -0.0345. The van der Waals surface area contributed by atoms with Crippen molar-refractivity contribution in [3.63, 3.8) is 0 Å². The summed E-state index contributed by atoms with van der Waals surface area (Å²) in [6.07, 6.45) is 3.58. The van der Waals surface area contributed by atoms with Gasteiger partial charge in [0.05, 0.1) is 18.8 Å². The number of imidazole rings is 1. The maximum Gasteiger partial charge on any atom is 0.326 e. The fraction of sp³-hybridized carbons (Fsp3) is 0.267. The Morgan fingerprint density at radius 3 is 2.09 bits per heavy atom. The van der Waals surface area contributed by atoms with E-state index in [1.54, 1.807) is 30.5 Å². The lowest BCUT2D eigenvalue weighted by Crippen LogP contribution is -2.58. The molecule has 0 saturated heterocycles. The number of para-hydroxylation sites is 1. The van der Waals surface area contributed by atoms with Gasteiger partial charge in [0.1, 0.15) is 23.9 Å². The van der Waals surface area contributed by atoms with Gasteiger partial charge in [0.2, 0.25) is 17.7 Å². The number of carbonyl (C=O) groups is 5. The Balaban J connectivity index is 1.56. The van der Waals surface area contributed by atoms with Crippen molar-refractivity contribution in [2.75, 3.05) is 0 Å². The van der Waals surface area contributed by atoms with E-state index in [0.717, 1.165) is 10.9 Å². The standard InChI is InChI=1S/C30H33N7O8/c31-21(9-16-5-7-19(38)8-6-16)27(41)35-24(11-18-14-32-15-34-18)29(43)36-23(28(42)37-25(30(44)45)12-26(39)40)10-17-13-33-22-4-2-1-3-20(17)22/h1-8,13-15,21,23-25,33,38H,9-12,31H2,(H,32,34)(H,35,41)(H,36,43)(H,37,42)(H,39,40)(H,44,45). The summed E-state index contributed by atoms with van der Waals surface area (Å²) in [7, 11) is 0. The minimum Gasteiger partial charge on any atom is -0.508 e. The molecule has 0 aliphatic carbocycles. The van der Waals surface area contributed by atoms with Gasteiger partial charge in [0.25, 0.3) is 0 Å². The van der Waals surface area contributed by atoms with Crippen molar-refractivity contribution in [3.05, 3.63) is 84.1 Å². The smallest absolute Gasteiger partial charge is 0.326 e. The van der Waals surface area contributed by atoms with Gasteiger partial charge in [-0.2, -0.15) is 0 Å². The van der Waals surface area contributed by atoms with Crippen molar-refractivity contribution in [3.8, 4) is 5.75 Å². The maximum atomic E-state index is 13.7. The summed E-state index contributed by atoms with van der Waals surface area (Å²) in [5.41, 5.74) is 8.69. The Kier molecular flexibility index (Phi) is 10.5. The summed E-state index contributed by atoms with van der Waals surface area (Å²) in [6, 6.07) is 7.94. The molecule has 236 valence electrons. The SMILES string of the molecule is NC(Cc1ccc(O)cc1)C(=O)NC(Cc1cnc[nH]1)C(=O)NC(Cc1c[nH]c2ccccc12)C(=O)NC(CC(=O)O)C(=O)O. The summed E-state index contributed by atoms with van der Waals surface area (Å²) in [5.74, 6) is -5.32. The van der Waals surface area contributed by atoms with E-state index >= 15 is 0 Å². The molecule has 0 spiro atoms. The maximum absolute atomic E-state index is 13.7. The zero-order valence-electron chi connectivity index (χ0n) is 23.9. The minimum absolute atomic E-state index is 0.0527. The second-order valence-corrected chi connectivity index (χ2v) is 10.4. The van der Waals surface area contributed by atoms with Crippen molar-refractivity contribution >= 4 is 40.6 Å². The molecule has 0 bridgehead atoms. The number of nitrogens with zero attached hydrogens (tertiary/aromatic N) is 1. The number of amides is 3. The molecule has 0 radical (unpaired) electrons. The molecule has 45 heavy (non-hydrogen) atoms. The molecular formula is C30H33N7O8. The van der Waals surface area contributed by atoms with Crippen molar-refractivity contribution in [2.45, 2.75) is 49.9 Å². The van der Waals surface area contributed by atoms with E-state index in [9.17, 15) is 34.2 Å². The average Bonchev–Trinajstić information content (AvgIpc) is 3.67. The van der Waals surface area contributed by atoms with Gasteiger partial charge in [0, 0.05) is 41.8 Å². The molecular weight excluding hydrogens is 586 g/mol. The summed E-state index contributed by atoms with van der Waals surface area (Å²) in [4.78, 5) is 73.0. The zero-order valence-corrected chi connectivity index (χ0v) is 23.9. The summed E-state index contributed by atoms with van der Waals surface area (Å²) >= 11 is 0. The first kappa shape index (κ1) is 32.2. The third kappa shape index (κ3) is 8.90. The molecule has 0 aliphatic rings. The van der Waals surface area contributed by atoms with E-state index in [0.29, 0.717) is 16.8 Å². The first-order valence-corrected chi connectivity index (χ1v) is 13.9. The number of carboxylic acid groups (broad SMARTS) is 2. The highest BCUT2D eigenvalue weighted by Crippen LogP contribution is 2.19. The van der Waals surface area contributed by atoms with Crippen LogP contribution in [0.5, 0.6) is 5.75 Å². The van der Waals surface area contributed by atoms with Crippen LogP contribution < -0.4 is 21.7 Å². The van der Waals surface area contributed by atoms with Crippen LogP contribution in [0.4, 0.5) is 0 Å². The topological polar surface area (TPSA) is 253 Å². The molecule has 4 atom stereocenters. The first-order chi connectivity index (χ1) is 21.5. The fourth-order valence-corrected chi connectivity index (χ4v) is 4.73. The van der Waals surface area contributed by atoms with Crippen LogP contribution in [0.25, 0.3) is 10.9 Å². The van der Waals surface area contributed by atoms with Crippen LogP contribution in [-0.4, -0.2) is 84.1 Å². The molecule has 15 heteroatoms. The highest BCUT2D eigenvalue weighted by atomic mass is 16.4. The zero-order chi connectivity index (χ0) is 32.5. The number of benzene rings is 2. The third-order valence-electron chi connectivity index (χ3n) is 7.07. The Morgan fingerprint density at radius 1 is 0.800 bits per heavy atom. The Morgan fingerprint density at radius 2 is 1.44 bits per heavy atom. The average molecular weight is 620 g/mol. The first-order valence-electron chi connectivity index (χ1n) is 13.9. The number of phenols is 1. The second kappa shape index (κ2) is 14.7. The number of phenolic OH excluding ortho intramolecular Hbond substituents is 1. The number of aromatic hydroxyl groups is 1. The predicted molar refractivity (Wildman–Crippen MR) is 160 cm³/mol. The third-order valence-corrected chi connectivity index (χ3v) is 7.07. The molecule has 2 heterocycles. The number of H-pyrrole nitrogens is 2. The van der Waals surface area contributed by atoms with Crippen LogP contribution in [0.3, 0.4) is 0 Å². The molecule has 0 saturated carbocycles. The van der Waals surface area contributed by atoms with Gasteiger partial charge in [0.15, 0.2) is 0 Å². The van der Waals surface area contributed by atoms with Gasteiger partial charge >= 0.3 is 11.9 Å². The van der Waals surface area contributed by atoms with Gasteiger partial charge in [-0.1, -0.05) is 30.3 Å². The van der Waals surface area contributed by atoms with Crippen molar-refractivity contribution in [1.82, 2.24) is 30.9 Å². The molecule has 15 nitrogen and oxygen atoms in total. The van der Waals surface area contributed by atoms with E-state index in [1.165, 1.54) is 24.7 Å². The summed E-state index contributed by atoms with van der Waals surface area (Å²) in [6.45, 7) is 0. The van der Waals surface area contributed by atoms with Crippen molar-refractivity contribution in [2.24, 2.45) is 5.73 Å². The summed E-state index contributed by atoms with van der Waals surface area (Å²) in [5, 5.41) is 36.3. The Hall–Kier alpha value is -5.70. The molecule has 4 aromatic rings. The lowest BCUT2D eigenvalue weighted by Gasteiger charge is -2.25. The molecule has 0 fully saturated rings. The van der Waals surface area contributed by atoms with Crippen LogP contribution in [0.2, 0.25) is 0 Å². The number of aromatic amines is 2. The van der Waals surface area contributed by atoms with E-state index < -0.39 is 60.2 Å². The van der Waals surface area contributed by atoms with E-state index in [-0.39, 0.29) is 25.0 Å². The van der Waals surface area contributed by atoms with Crippen LogP contribution in [0, 0.1) is 0 Å². The lowest BCUT2D eigenvalue weighted by atomic mass is 10.0. The molecule has 2 aromatic heterocycles. The van der Waals surface area contributed by atoms with Crippen LogP contribution in [-0.2, 0) is 43.2 Å². The number of aliphatic carboxylic acids is 2. The van der Waals surface area contributed by atoms with Crippen molar-refractivity contribution < 1.29 is 39.3 Å². The fourth-order valence-electron chi connectivity index (χ4n) is 4.73. The van der Waals surface area contributed by atoms with Gasteiger partial charge in [-0.05, 0) is 35.7 Å². The molecule has 4 unspecified atom stereocenters. The second-order valence-electron chi connectivity index (χ2n) is 10.4. The van der Waals surface area contributed by atoms with Crippen LogP contribution in [0.15, 0.2) is 67.3 Å². The molecule has 10 N–H and O–H groups in total. The van der Waals surface area contributed by atoms with Crippen molar-refractivity contribution in [1.29, 1.82) is 0 Å². The number of hydrogen-bond donors (Lipinski definition) is 9. The minimum atomic E-state index is -1.75. The van der Waals surface area contributed by atoms with E-state index in [1.807, 2.05) is 12.1 Å². The molecule has 2 aromatic carbocycles. The number of carboxylic acids is 2. The Bertz CT molecular complexity index is 1650.